The molecule has 2 aliphatic rings. The van der Waals surface area contributed by atoms with Crippen molar-refractivity contribution in [1.29, 1.82) is 0 Å². The second kappa shape index (κ2) is 4.83. The Morgan fingerprint density at radius 3 is 2.29 bits per heavy atom. The number of hydrogen-bond donors (Lipinski definition) is 1. The molecule has 1 atom stereocenters. The monoisotopic (exact) mass is 351 g/mol. The van der Waals surface area contributed by atoms with Gasteiger partial charge in [-0.3, -0.25) is 9.59 Å². The summed E-state index contributed by atoms with van der Waals surface area (Å²) >= 11 is 3.41. The zero-order valence-electron chi connectivity index (χ0n) is 11.9. The molecule has 1 aromatic rings. The van der Waals surface area contributed by atoms with Gasteiger partial charge in [0, 0.05) is 17.6 Å². The van der Waals surface area contributed by atoms with Crippen molar-refractivity contribution in [2.45, 2.75) is 31.6 Å². The molecule has 112 valence electrons. The highest BCUT2D eigenvalue weighted by Gasteiger charge is 2.55. The molecule has 1 aliphatic carbocycles. The van der Waals surface area contributed by atoms with Crippen LogP contribution in [0.3, 0.4) is 0 Å². The van der Waals surface area contributed by atoms with Crippen molar-refractivity contribution in [1.82, 2.24) is 4.90 Å². The van der Waals surface area contributed by atoms with Crippen LogP contribution in [0.25, 0.3) is 0 Å². The van der Waals surface area contributed by atoms with Gasteiger partial charge < -0.3 is 10.0 Å². The smallest absolute Gasteiger partial charge is 0.311 e. The summed E-state index contributed by atoms with van der Waals surface area (Å²) in [6.07, 6.45) is 2.24. The van der Waals surface area contributed by atoms with Crippen molar-refractivity contribution in [2.75, 3.05) is 13.1 Å². The van der Waals surface area contributed by atoms with Crippen molar-refractivity contribution < 1.29 is 14.7 Å². The first kappa shape index (κ1) is 14.6. The lowest BCUT2D eigenvalue weighted by Gasteiger charge is -2.25. The van der Waals surface area contributed by atoms with Crippen LogP contribution in [-0.2, 0) is 15.0 Å². The lowest BCUT2D eigenvalue weighted by atomic mass is 9.90. The molecule has 1 saturated heterocycles. The van der Waals surface area contributed by atoms with E-state index in [-0.39, 0.29) is 5.91 Å². The number of carbonyl (C=O) groups excluding carboxylic acids is 1. The molecule has 5 heteroatoms. The van der Waals surface area contributed by atoms with Crippen LogP contribution in [0, 0.1) is 5.41 Å². The molecular formula is C16H18BrNO3. The molecule has 3 rings (SSSR count). The minimum absolute atomic E-state index is 0.0924. The maximum Gasteiger partial charge on any atom is 0.311 e. The van der Waals surface area contributed by atoms with E-state index >= 15 is 0 Å². The third-order valence-electron chi connectivity index (χ3n) is 4.83. The molecule has 21 heavy (non-hydrogen) atoms. The summed E-state index contributed by atoms with van der Waals surface area (Å²) in [6, 6.07) is 7.88. The van der Waals surface area contributed by atoms with E-state index in [0.717, 1.165) is 22.9 Å². The summed E-state index contributed by atoms with van der Waals surface area (Å²) in [6.45, 7) is 2.58. The highest BCUT2D eigenvalue weighted by molar-refractivity contribution is 9.10. The Hall–Kier alpha value is -1.36. The maximum atomic E-state index is 12.8. The van der Waals surface area contributed by atoms with Crippen LogP contribution < -0.4 is 0 Å². The van der Waals surface area contributed by atoms with Crippen molar-refractivity contribution in [3.05, 3.63) is 34.3 Å². The number of carboxylic acids is 1. The summed E-state index contributed by atoms with van der Waals surface area (Å²) in [5.41, 5.74) is -0.171. The molecule has 1 aliphatic heterocycles. The Kier molecular flexibility index (Phi) is 3.35. The summed E-state index contributed by atoms with van der Waals surface area (Å²) in [5.74, 6) is -0.721. The SMILES string of the molecule is CC1(C(=O)O)CCN(C(=O)C2(c3ccc(Br)cc3)CC2)C1. The first-order valence-electron chi connectivity index (χ1n) is 7.16. The van der Waals surface area contributed by atoms with E-state index in [1.54, 1.807) is 11.8 Å². The predicted molar refractivity (Wildman–Crippen MR) is 82.0 cm³/mol. The third-order valence-corrected chi connectivity index (χ3v) is 5.36. The predicted octanol–water partition coefficient (Wildman–Crippen LogP) is 2.80. The number of nitrogens with zero attached hydrogens (tertiary/aromatic N) is 1. The number of carboxylic acid groups (broad SMARTS) is 1. The number of aliphatic carboxylic acids is 1. The molecular weight excluding hydrogens is 334 g/mol. The van der Waals surface area contributed by atoms with E-state index in [4.69, 9.17) is 0 Å². The van der Waals surface area contributed by atoms with Crippen LogP contribution >= 0.6 is 15.9 Å². The molecule has 1 amide bonds. The fourth-order valence-electron chi connectivity index (χ4n) is 3.13. The largest absolute Gasteiger partial charge is 0.481 e. The first-order chi connectivity index (χ1) is 9.87. The highest BCUT2D eigenvalue weighted by atomic mass is 79.9. The quantitative estimate of drug-likeness (QED) is 0.910. The zero-order chi connectivity index (χ0) is 15.3. The summed E-state index contributed by atoms with van der Waals surface area (Å²) in [7, 11) is 0. The van der Waals surface area contributed by atoms with Gasteiger partial charge in [-0.25, -0.2) is 0 Å². The Morgan fingerprint density at radius 1 is 1.19 bits per heavy atom. The van der Waals surface area contributed by atoms with Crippen molar-refractivity contribution in [3.8, 4) is 0 Å². The Morgan fingerprint density at radius 2 is 1.81 bits per heavy atom. The fraction of sp³-hybridized carbons (Fsp3) is 0.500. The van der Waals surface area contributed by atoms with E-state index in [2.05, 4.69) is 15.9 Å². The van der Waals surface area contributed by atoms with Crippen LogP contribution in [0.4, 0.5) is 0 Å². The molecule has 2 fully saturated rings. The fourth-order valence-corrected chi connectivity index (χ4v) is 3.40. The maximum absolute atomic E-state index is 12.8. The van der Waals surface area contributed by atoms with Gasteiger partial charge >= 0.3 is 5.97 Å². The highest BCUT2D eigenvalue weighted by Crippen LogP contribution is 2.50. The van der Waals surface area contributed by atoms with Crippen molar-refractivity contribution >= 4 is 27.8 Å². The van der Waals surface area contributed by atoms with Gasteiger partial charge in [0.25, 0.3) is 0 Å². The van der Waals surface area contributed by atoms with Gasteiger partial charge in [0.05, 0.1) is 10.8 Å². The topological polar surface area (TPSA) is 57.6 Å². The number of halogens is 1. The average Bonchev–Trinajstić information content (AvgIpc) is 3.16. The summed E-state index contributed by atoms with van der Waals surface area (Å²) in [4.78, 5) is 25.9. The Bertz CT molecular complexity index is 594. The number of rotatable bonds is 3. The van der Waals surface area contributed by atoms with Crippen molar-refractivity contribution in [2.24, 2.45) is 5.41 Å². The summed E-state index contributed by atoms with van der Waals surface area (Å²) in [5, 5.41) is 9.29. The molecule has 0 bridgehead atoms. The standard InChI is InChI=1S/C16H18BrNO3/c1-15(14(20)21)8-9-18(10-15)13(19)16(6-7-16)11-2-4-12(17)5-3-11/h2-5H,6-10H2,1H3,(H,20,21). The van der Waals surface area contributed by atoms with E-state index in [1.807, 2.05) is 24.3 Å². The number of likely N-dealkylation sites (tertiary alicyclic amines) is 1. The second-order valence-electron chi connectivity index (χ2n) is 6.43. The van der Waals surface area contributed by atoms with E-state index in [9.17, 15) is 14.7 Å². The molecule has 0 spiro atoms. The van der Waals surface area contributed by atoms with Gasteiger partial charge in [-0.1, -0.05) is 28.1 Å². The zero-order valence-corrected chi connectivity index (χ0v) is 13.5. The molecule has 0 radical (unpaired) electrons. The molecule has 4 nitrogen and oxygen atoms in total. The van der Waals surface area contributed by atoms with Crippen LogP contribution in [0.2, 0.25) is 0 Å². The number of benzene rings is 1. The first-order valence-corrected chi connectivity index (χ1v) is 7.96. The van der Waals surface area contributed by atoms with Gasteiger partial charge in [-0.05, 0) is 43.9 Å². The number of carbonyl (C=O) groups is 2. The van der Waals surface area contributed by atoms with Gasteiger partial charge in [-0.2, -0.15) is 0 Å². The minimum atomic E-state index is -0.814. The van der Waals surface area contributed by atoms with Gasteiger partial charge in [-0.15, -0.1) is 0 Å². The lowest BCUT2D eigenvalue weighted by Crippen LogP contribution is -2.40. The van der Waals surface area contributed by atoms with Gasteiger partial charge in [0.1, 0.15) is 0 Å². The normalized spacial score (nSPS) is 26.7. The number of amides is 1. The van der Waals surface area contributed by atoms with Crippen LogP contribution in [-0.4, -0.2) is 35.0 Å². The van der Waals surface area contributed by atoms with E-state index in [0.29, 0.717) is 19.5 Å². The molecule has 1 aromatic carbocycles. The second-order valence-corrected chi connectivity index (χ2v) is 7.35. The Labute approximate surface area is 132 Å². The molecule has 1 heterocycles. The van der Waals surface area contributed by atoms with Gasteiger partial charge in [0.15, 0.2) is 0 Å². The van der Waals surface area contributed by atoms with E-state index in [1.165, 1.54) is 0 Å². The van der Waals surface area contributed by atoms with Gasteiger partial charge in [0.2, 0.25) is 5.91 Å². The average molecular weight is 352 g/mol. The van der Waals surface area contributed by atoms with Crippen LogP contribution in [0.15, 0.2) is 28.7 Å². The summed E-state index contributed by atoms with van der Waals surface area (Å²) < 4.78 is 0.995. The molecule has 1 unspecified atom stereocenters. The molecule has 1 saturated carbocycles. The molecule has 1 N–H and O–H groups in total. The van der Waals surface area contributed by atoms with Crippen molar-refractivity contribution in [3.63, 3.8) is 0 Å². The van der Waals surface area contributed by atoms with Crippen LogP contribution in [0.5, 0.6) is 0 Å². The lowest BCUT2D eigenvalue weighted by molar-refractivity contribution is -0.147. The Balaban J connectivity index is 1.80. The molecule has 0 aromatic heterocycles. The number of hydrogen-bond acceptors (Lipinski definition) is 2. The van der Waals surface area contributed by atoms with Crippen LogP contribution in [0.1, 0.15) is 31.7 Å². The van der Waals surface area contributed by atoms with E-state index < -0.39 is 16.8 Å². The minimum Gasteiger partial charge on any atom is -0.481 e. The third kappa shape index (κ3) is 2.37.